The Balaban J connectivity index is 2.83. The first-order valence-corrected chi connectivity index (χ1v) is 5.89. The molecule has 90 valence electrons. The number of rotatable bonds is 5. The van der Waals surface area contributed by atoms with Gasteiger partial charge in [-0.3, -0.25) is 9.88 Å². The molecule has 0 bridgehead atoms. The second kappa shape index (κ2) is 5.97. The molecule has 2 N–H and O–H groups in total. The molecule has 0 aliphatic carbocycles. The molecule has 2 unspecified atom stereocenters. The smallest absolute Gasteiger partial charge is 0.0471 e. The van der Waals surface area contributed by atoms with Crippen molar-refractivity contribution in [2.75, 3.05) is 13.6 Å². The van der Waals surface area contributed by atoms with Crippen molar-refractivity contribution in [1.29, 1.82) is 0 Å². The Hall–Kier alpha value is -0.930. The van der Waals surface area contributed by atoms with Gasteiger partial charge in [0.2, 0.25) is 0 Å². The highest BCUT2D eigenvalue weighted by atomic mass is 15.2. The van der Waals surface area contributed by atoms with E-state index in [0.29, 0.717) is 18.5 Å². The summed E-state index contributed by atoms with van der Waals surface area (Å²) in [5.41, 5.74) is 7.12. The number of aromatic nitrogens is 1. The number of hydrogen-bond acceptors (Lipinski definition) is 3. The zero-order chi connectivity index (χ0) is 12.1. The molecule has 0 fully saturated rings. The van der Waals surface area contributed by atoms with Crippen LogP contribution >= 0.6 is 0 Å². The molecule has 0 saturated heterocycles. The van der Waals surface area contributed by atoms with Crippen molar-refractivity contribution in [3.8, 4) is 0 Å². The van der Waals surface area contributed by atoms with Crippen LogP contribution in [-0.2, 0) is 0 Å². The van der Waals surface area contributed by atoms with Gasteiger partial charge >= 0.3 is 0 Å². The van der Waals surface area contributed by atoms with Gasteiger partial charge in [0.05, 0.1) is 0 Å². The van der Waals surface area contributed by atoms with Crippen LogP contribution in [-0.4, -0.2) is 29.5 Å². The van der Waals surface area contributed by atoms with E-state index in [1.165, 1.54) is 5.56 Å². The lowest BCUT2D eigenvalue weighted by molar-refractivity contribution is 0.152. The average Bonchev–Trinajstić information content (AvgIpc) is 2.30. The van der Waals surface area contributed by atoms with Gasteiger partial charge < -0.3 is 5.73 Å². The normalized spacial score (nSPS) is 15.4. The van der Waals surface area contributed by atoms with Crippen LogP contribution in [0.25, 0.3) is 0 Å². The van der Waals surface area contributed by atoms with Crippen LogP contribution in [0.15, 0.2) is 24.5 Å². The molecule has 1 aromatic heterocycles. The van der Waals surface area contributed by atoms with Crippen LogP contribution in [0.5, 0.6) is 0 Å². The lowest BCUT2D eigenvalue weighted by atomic mass is 10.00. The largest absolute Gasteiger partial charge is 0.329 e. The fourth-order valence-corrected chi connectivity index (χ4v) is 1.88. The first-order valence-electron chi connectivity index (χ1n) is 5.89. The minimum absolute atomic E-state index is 0.278. The third-order valence-electron chi connectivity index (χ3n) is 3.41. The molecule has 0 aromatic carbocycles. The number of nitrogens with zero attached hydrogens (tertiary/aromatic N) is 2. The fraction of sp³-hybridized carbons (Fsp3) is 0.615. The van der Waals surface area contributed by atoms with Gasteiger partial charge in [-0.2, -0.15) is 0 Å². The van der Waals surface area contributed by atoms with E-state index in [1.807, 2.05) is 24.5 Å². The maximum absolute atomic E-state index is 5.88. The minimum Gasteiger partial charge on any atom is -0.329 e. The molecule has 0 aliphatic rings. The molecule has 16 heavy (non-hydrogen) atoms. The highest BCUT2D eigenvalue weighted by molar-refractivity contribution is 5.15. The van der Waals surface area contributed by atoms with Gasteiger partial charge in [-0.25, -0.2) is 0 Å². The molecule has 1 rings (SSSR count). The first kappa shape index (κ1) is 13.1. The van der Waals surface area contributed by atoms with Gasteiger partial charge in [0.1, 0.15) is 0 Å². The topological polar surface area (TPSA) is 42.1 Å². The predicted molar refractivity (Wildman–Crippen MR) is 68.1 cm³/mol. The number of likely N-dealkylation sites (N-methyl/N-ethyl adjacent to an activating group) is 1. The van der Waals surface area contributed by atoms with E-state index in [4.69, 9.17) is 5.73 Å². The van der Waals surface area contributed by atoms with Crippen molar-refractivity contribution in [2.24, 2.45) is 11.7 Å². The van der Waals surface area contributed by atoms with Crippen LogP contribution in [0, 0.1) is 5.92 Å². The summed E-state index contributed by atoms with van der Waals surface area (Å²) < 4.78 is 0. The number of hydrogen-bond donors (Lipinski definition) is 1. The van der Waals surface area contributed by atoms with E-state index in [9.17, 15) is 0 Å². The molecule has 0 spiro atoms. The second-order valence-corrected chi connectivity index (χ2v) is 4.68. The Labute approximate surface area is 98.7 Å². The Morgan fingerprint density at radius 2 is 1.81 bits per heavy atom. The van der Waals surface area contributed by atoms with Crippen LogP contribution in [0.3, 0.4) is 0 Å². The molecule has 1 aromatic rings. The van der Waals surface area contributed by atoms with E-state index in [1.54, 1.807) is 0 Å². The summed E-state index contributed by atoms with van der Waals surface area (Å²) in [7, 11) is 2.14. The summed E-state index contributed by atoms with van der Waals surface area (Å²) in [5.74, 6) is 0.626. The molecular weight excluding hydrogens is 198 g/mol. The van der Waals surface area contributed by atoms with Crippen molar-refractivity contribution in [3.63, 3.8) is 0 Å². The lowest BCUT2D eigenvalue weighted by Crippen LogP contribution is -2.39. The maximum Gasteiger partial charge on any atom is 0.0471 e. The van der Waals surface area contributed by atoms with Gasteiger partial charge in [-0.15, -0.1) is 0 Å². The second-order valence-electron chi connectivity index (χ2n) is 4.68. The van der Waals surface area contributed by atoms with E-state index in [2.05, 4.69) is 37.7 Å². The molecule has 3 nitrogen and oxygen atoms in total. The van der Waals surface area contributed by atoms with E-state index >= 15 is 0 Å². The lowest BCUT2D eigenvalue weighted by Gasteiger charge is -2.34. The van der Waals surface area contributed by atoms with Crippen molar-refractivity contribution >= 4 is 0 Å². The van der Waals surface area contributed by atoms with E-state index in [-0.39, 0.29) is 6.04 Å². The van der Waals surface area contributed by atoms with Crippen LogP contribution in [0.4, 0.5) is 0 Å². The summed E-state index contributed by atoms with van der Waals surface area (Å²) in [6.07, 6.45) is 3.65. The Morgan fingerprint density at radius 3 is 2.25 bits per heavy atom. The third kappa shape index (κ3) is 3.03. The predicted octanol–water partition coefficient (Wildman–Crippen LogP) is 2.06. The summed E-state index contributed by atoms with van der Waals surface area (Å²) in [4.78, 5) is 6.39. The van der Waals surface area contributed by atoms with Crippen molar-refractivity contribution in [2.45, 2.75) is 32.9 Å². The summed E-state index contributed by atoms with van der Waals surface area (Å²) in [6.45, 7) is 7.36. The van der Waals surface area contributed by atoms with Crippen LogP contribution < -0.4 is 5.73 Å². The minimum atomic E-state index is 0.278. The van der Waals surface area contributed by atoms with E-state index < -0.39 is 0 Å². The molecular formula is C13H23N3. The van der Waals surface area contributed by atoms with Gasteiger partial charge in [0, 0.05) is 31.0 Å². The van der Waals surface area contributed by atoms with Gasteiger partial charge in [-0.1, -0.05) is 13.8 Å². The molecule has 0 amide bonds. The van der Waals surface area contributed by atoms with Crippen molar-refractivity contribution in [1.82, 2.24) is 9.88 Å². The SMILES string of the molecule is CC(C)C(C)N(C)C(CN)c1ccncc1. The van der Waals surface area contributed by atoms with E-state index in [0.717, 1.165) is 0 Å². The summed E-state index contributed by atoms with van der Waals surface area (Å²) in [5, 5.41) is 0. The van der Waals surface area contributed by atoms with Crippen LogP contribution in [0.1, 0.15) is 32.4 Å². The monoisotopic (exact) mass is 221 g/mol. The average molecular weight is 221 g/mol. The Kier molecular flexibility index (Phi) is 4.90. The quantitative estimate of drug-likeness (QED) is 0.827. The molecule has 0 saturated carbocycles. The highest BCUT2D eigenvalue weighted by Crippen LogP contribution is 2.22. The molecule has 0 aliphatic heterocycles. The fourth-order valence-electron chi connectivity index (χ4n) is 1.88. The van der Waals surface area contributed by atoms with Crippen molar-refractivity contribution in [3.05, 3.63) is 30.1 Å². The maximum atomic E-state index is 5.88. The van der Waals surface area contributed by atoms with Crippen molar-refractivity contribution < 1.29 is 0 Å². The highest BCUT2D eigenvalue weighted by Gasteiger charge is 2.21. The molecule has 1 heterocycles. The Bertz CT molecular complexity index is 297. The number of nitrogens with two attached hydrogens (primary N) is 1. The molecule has 3 heteroatoms. The molecule has 0 radical (unpaired) electrons. The van der Waals surface area contributed by atoms with Gasteiger partial charge in [0.25, 0.3) is 0 Å². The molecule has 2 atom stereocenters. The number of pyridine rings is 1. The first-order chi connectivity index (χ1) is 7.57. The van der Waals surface area contributed by atoms with Crippen LogP contribution in [0.2, 0.25) is 0 Å². The van der Waals surface area contributed by atoms with Gasteiger partial charge in [0.15, 0.2) is 0 Å². The third-order valence-corrected chi connectivity index (χ3v) is 3.41. The Morgan fingerprint density at radius 1 is 1.25 bits per heavy atom. The summed E-state index contributed by atoms with van der Waals surface area (Å²) in [6, 6.07) is 4.88. The van der Waals surface area contributed by atoms with Gasteiger partial charge in [-0.05, 0) is 37.6 Å². The standard InChI is InChI=1S/C13H23N3/c1-10(2)11(3)16(4)13(9-14)12-5-7-15-8-6-12/h5-8,10-11,13H,9,14H2,1-4H3. The zero-order valence-electron chi connectivity index (χ0n) is 10.7. The zero-order valence-corrected chi connectivity index (χ0v) is 10.7. The summed E-state index contributed by atoms with van der Waals surface area (Å²) >= 11 is 0.